The lowest BCUT2D eigenvalue weighted by molar-refractivity contribution is 0.466. The van der Waals surface area contributed by atoms with E-state index in [9.17, 15) is 8.42 Å². The lowest BCUT2D eigenvalue weighted by Crippen LogP contribution is -2.26. The largest absolute Gasteiger partial charge is 0.398 e. The first-order chi connectivity index (χ1) is 9.82. The Hall–Kier alpha value is -1.37. The molecule has 0 aliphatic carbocycles. The number of sulfonamides is 1. The third kappa shape index (κ3) is 3.45. The summed E-state index contributed by atoms with van der Waals surface area (Å²) in [6.45, 7) is 2.29. The lowest BCUT2D eigenvalue weighted by Gasteiger charge is -2.18. The summed E-state index contributed by atoms with van der Waals surface area (Å²) < 4.78 is 27.1. The number of aryl methyl sites for hydroxylation is 1. The molecule has 4 nitrogen and oxygen atoms in total. The third-order valence-electron chi connectivity index (χ3n) is 3.33. The van der Waals surface area contributed by atoms with Gasteiger partial charge in [0.15, 0.2) is 0 Å². The number of rotatable bonds is 4. The van der Waals surface area contributed by atoms with Gasteiger partial charge in [-0.2, -0.15) is 4.31 Å². The molecule has 6 heteroatoms. The summed E-state index contributed by atoms with van der Waals surface area (Å²) >= 11 is 3.26. The maximum atomic E-state index is 12.6. The van der Waals surface area contributed by atoms with Gasteiger partial charge in [0, 0.05) is 23.8 Å². The molecule has 112 valence electrons. The molecule has 0 amide bonds. The van der Waals surface area contributed by atoms with Gasteiger partial charge in [-0.05, 0) is 52.2 Å². The summed E-state index contributed by atoms with van der Waals surface area (Å²) in [4.78, 5) is 0.194. The van der Waals surface area contributed by atoms with Gasteiger partial charge in [-0.25, -0.2) is 8.42 Å². The Kier molecular flexibility index (Phi) is 4.70. The molecule has 0 atom stereocenters. The summed E-state index contributed by atoms with van der Waals surface area (Å²) in [6, 6.07) is 12.4. The van der Waals surface area contributed by atoms with Crippen LogP contribution in [0.15, 0.2) is 51.8 Å². The third-order valence-corrected chi connectivity index (χ3v) is 5.85. The van der Waals surface area contributed by atoms with Crippen molar-refractivity contribution in [2.24, 2.45) is 0 Å². The molecule has 0 aromatic heterocycles. The Morgan fingerprint density at radius 2 is 1.86 bits per heavy atom. The fourth-order valence-corrected chi connectivity index (χ4v) is 3.41. The molecular formula is C15H17BrN2O2S. The first kappa shape index (κ1) is 16.0. The van der Waals surface area contributed by atoms with Gasteiger partial charge in [0.2, 0.25) is 10.0 Å². The van der Waals surface area contributed by atoms with Crippen molar-refractivity contribution in [2.45, 2.75) is 18.4 Å². The van der Waals surface area contributed by atoms with E-state index in [0.717, 1.165) is 11.1 Å². The van der Waals surface area contributed by atoms with Gasteiger partial charge in [-0.15, -0.1) is 0 Å². The molecule has 0 saturated carbocycles. The molecule has 0 unspecified atom stereocenters. The van der Waals surface area contributed by atoms with E-state index in [0.29, 0.717) is 16.7 Å². The molecule has 0 bridgehead atoms. The smallest absolute Gasteiger partial charge is 0.243 e. The fraction of sp³-hybridized carbons (Fsp3) is 0.200. The van der Waals surface area contributed by atoms with Gasteiger partial charge in [0.05, 0.1) is 4.90 Å². The average molecular weight is 369 g/mol. The quantitative estimate of drug-likeness (QED) is 0.842. The van der Waals surface area contributed by atoms with E-state index in [1.165, 1.54) is 10.4 Å². The van der Waals surface area contributed by atoms with Crippen LogP contribution in [0.1, 0.15) is 11.1 Å². The van der Waals surface area contributed by atoms with Crippen LogP contribution in [0.5, 0.6) is 0 Å². The molecule has 2 rings (SSSR count). The van der Waals surface area contributed by atoms with Crippen molar-refractivity contribution < 1.29 is 8.42 Å². The van der Waals surface area contributed by atoms with Crippen LogP contribution in [0.3, 0.4) is 0 Å². The van der Waals surface area contributed by atoms with Gasteiger partial charge >= 0.3 is 0 Å². The summed E-state index contributed by atoms with van der Waals surface area (Å²) in [6.07, 6.45) is 0. The minimum atomic E-state index is -3.56. The summed E-state index contributed by atoms with van der Waals surface area (Å²) in [5.41, 5.74) is 8.21. The molecule has 0 spiro atoms. The minimum Gasteiger partial charge on any atom is -0.398 e. The maximum Gasteiger partial charge on any atom is 0.243 e. The second-order valence-corrected chi connectivity index (χ2v) is 7.77. The zero-order valence-corrected chi connectivity index (χ0v) is 14.3. The SMILES string of the molecule is Cc1ccccc1CN(C)S(=O)(=O)c1ccc(Br)c(N)c1. The van der Waals surface area contributed by atoms with Crippen molar-refractivity contribution in [1.29, 1.82) is 0 Å². The number of nitrogen functional groups attached to an aromatic ring is 1. The zero-order valence-electron chi connectivity index (χ0n) is 11.9. The van der Waals surface area contributed by atoms with Crippen LogP contribution in [0.2, 0.25) is 0 Å². The van der Waals surface area contributed by atoms with Crippen LogP contribution in [0, 0.1) is 6.92 Å². The Morgan fingerprint density at radius 3 is 2.48 bits per heavy atom. The van der Waals surface area contributed by atoms with E-state index in [4.69, 9.17) is 5.73 Å². The van der Waals surface area contributed by atoms with Gasteiger partial charge in [0.1, 0.15) is 0 Å². The Bertz CT molecular complexity index is 760. The topological polar surface area (TPSA) is 63.4 Å². The highest BCUT2D eigenvalue weighted by Gasteiger charge is 2.22. The van der Waals surface area contributed by atoms with E-state index in [1.54, 1.807) is 19.2 Å². The van der Waals surface area contributed by atoms with Crippen LogP contribution in [-0.2, 0) is 16.6 Å². The number of hydrogen-bond donors (Lipinski definition) is 1. The van der Waals surface area contributed by atoms with E-state index in [-0.39, 0.29) is 4.90 Å². The minimum absolute atomic E-state index is 0.194. The lowest BCUT2D eigenvalue weighted by atomic mass is 10.1. The molecule has 0 fully saturated rings. The van der Waals surface area contributed by atoms with Crippen LogP contribution in [0.25, 0.3) is 0 Å². The van der Waals surface area contributed by atoms with E-state index in [1.807, 2.05) is 31.2 Å². The molecule has 2 aromatic carbocycles. The number of nitrogens with two attached hydrogens (primary N) is 1. The normalized spacial score (nSPS) is 11.8. The Morgan fingerprint density at radius 1 is 1.19 bits per heavy atom. The van der Waals surface area contributed by atoms with Crippen LogP contribution in [0.4, 0.5) is 5.69 Å². The highest BCUT2D eigenvalue weighted by molar-refractivity contribution is 9.10. The number of hydrogen-bond acceptors (Lipinski definition) is 3. The van der Waals surface area contributed by atoms with Crippen molar-refractivity contribution in [2.75, 3.05) is 12.8 Å². The van der Waals surface area contributed by atoms with E-state index >= 15 is 0 Å². The molecular weight excluding hydrogens is 352 g/mol. The zero-order chi connectivity index (χ0) is 15.6. The summed E-state index contributed by atoms with van der Waals surface area (Å²) in [5, 5.41) is 0. The number of anilines is 1. The van der Waals surface area contributed by atoms with E-state index < -0.39 is 10.0 Å². The molecule has 0 heterocycles. The molecule has 0 aliphatic rings. The Balaban J connectivity index is 2.30. The van der Waals surface area contributed by atoms with Crippen molar-refractivity contribution >= 4 is 31.6 Å². The van der Waals surface area contributed by atoms with Crippen LogP contribution in [-0.4, -0.2) is 19.8 Å². The van der Waals surface area contributed by atoms with Crippen LogP contribution >= 0.6 is 15.9 Å². The fourth-order valence-electron chi connectivity index (χ4n) is 1.97. The predicted octanol–water partition coefficient (Wildman–Crippen LogP) is 3.16. The number of halogens is 1. The molecule has 0 aliphatic heterocycles. The van der Waals surface area contributed by atoms with E-state index in [2.05, 4.69) is 15.9 Å². The summed E-state index contributed by atoms with van der Waals surface area (Å²) in [7, 11) is -1.99. The molecule has 2 N–H and O–H groups in total. The predicted molar refractivity (Wildman–Crippen MR) is 88.4 cm³/mol. The Labute approximate surface area is 133 Å². The second-order valence-electron chi connectivity index (χ2n) is 4.87. The van der Waals surface area contributed by atoms with Crippen LogP contribution < -0.4 is 5.73 Å². The van der Waals surface area contributed by atoms with Crippen molar-refractivity contribution in [3.63, 3.8) is 0 Å². The standard InChI is InChI=1S/C15H17BrN2O2S/c1-11-5-3-4-6-12(11)10-18(2)21(19,20)13-7-8-14(16)15(17)9-13/h3-9H,10,17H2,1-2H3. The van der Waals surface area contributed by atoms with Crippen molar-refractivity contribution in [1.82, 2.24) is 4.31 Å². The molecule has 0 saturated heterocycles. The monoisotopic (exact) mass is 368 g/mol. The average Bonchev–Trinajstić information content (AvgIpc) is 2.44. The molecule has 21 heavy (non-hydrogen) atoms. The highest BCUT2D eigenvalue weighted by Crippen LogP contribution is 2.25. The second kappa shape index (κ2) is 6.17. The van der Waals surface area contributed by atoms with Gasteiger partial charge in [-0.3, -0.25) is 0 Å². The van der Waals surface area contributed by atoms with Gasteiger partial charge in [0.25, 0.3) is 0 Å². The highest BCUT2D eigenvalue weighted by atomic mass is 79.9. The molecule has 0 radical (unpaired) electrons. The summed E-state index contributed by atoms with van der Waals surface area (Å²) in [5.74, 6) is 0. The number of benzene rings is 2. The maximum absolute atomic E-state index is 12.6. The van der Waals surface area contributed by atoms with Crippen molar-refractivity contribution in [3.8, 4) is 0 Å². The van der Waals surface area contributed by atoms with Crippen molar-refractivity contribution in [3.05, 3.63) is 58.1 Å². The van der Waals surface area contributed by atoms with Gasteiger partial charge < -0.3 is 5.73 Å². The number of nitrogens with zero attached hydrogens (tertiary/aromatic N) is 1. The van der Waals surface area contributed by atoms with Gasteiger partial charge in [-0.1, -0.05) is 24.3 Å². The molecule has 2 aromatic rings. The first-order valence-corrected chi connectivity index (χ1v) is 8.61. The first-order valence-electron chi connectivity index (χ1n) is 6.38.